The van der Waals surface area contributed by atoms with Crippen molar-refractivity contribution in [2.45, 2.75) is 20.1 Å². The third-order valence-corrected chi connectivity index (χ3v) is 2.06. The fourth-order valence-electron chi connectivity index (χ4n) is 1.32. The second-order valence-corrected chi connectivity index (χ2v) is 2.98. The maximum absolute atomic E-state index is 5.46. The molecule has 1 atom stereocenters. The lowest BCUT2D eigenvalue weighted by molar-refractivity contribution is 0.0675. The van der Waals surface area contributed by atoms with E-state index in [1.165, 1.54) is 0 Å². The molecule has 0 spiro atoms. The molecule has 1 heterocycles. The third-order valence-electron chi connectivity index (χ3n) is 2.06. The van der Waals surface area contributed by atoms with Gasteiger partial charge < -0.3 is 9.47 Å². The Balaban J connectivity index is 2.54. The summed E-state index contributed by atoms with van der Waals surface area (Å²) in [5, 5.41) is 0. The van der Waals surface area contributed by atoms with Gasteiger partial charge in [0.05, 0.1) is 0 Å². The zero-order valence-corrected chi connectivity index (χ0v) is 7.26. The topological polar surface area (TPSA) is 18.5 Å². The lowest BCUT2D eigenvalue weighted by Crippen LogP contribution is -2.11. The predicted molar refractivity (Wildman–Crippen MR) is 46.4 cm³/mol. The Morgan fingerprint density at radius 2 is 2.08 bits per heavy atom. The van der Waals surface area contributed by atoms with Gasteiger partial charge in [0, 0.05) is 6.92 Å². The highest BCUT2D eigenvalue weighted by atomic mass is 16.7. The second kappa shape index (κ2) is 2.41. The maximum atomic E-state index is 5.46. The largest absolute Gasteiger partial charge is 0.451 e. The van der Waals surface area contributed by atoms with E-state index in [1.54, 1.807) is 0 Å². The van der Waals surface area contributed by atoms with Gasteiger partial charge in [-0.15, -0.1) is 0 Å². The van der Waals surface area contributed by atoms with E-state index in [4.69, 9.17) is 9.47 Å². The molecule has 0 saturated heterocycles. The molecule has 0 bridgehead atoms. The summed E-state index contributed by atoms with van der Waals surface area (Å²) in [5.74, 6) is 1.67. The van der Waals surface area contributed by atoms with Crippen molar-refractivity contribution >= 4 is 0 Å². The van der Waals surface area contributed by atoms with Crippen LogP contribution in [0.15, 0.2) is 12.1 Å². The van der Waals surface area contributed by atoms with Crippen LogP contribution in [0.2, 0.25) is 0 Å². The van der Waals surface area contributed by atoms with Gasteiger partial charge in [0.1, 0.15) is 0 Å². The zero-order chi connectivity index (χ0) is 8.72. The summed E-state index contributed by atoms with van der Waals surface area (Å²) in [6.45, 7) is 7.75. The summed E-state index contributed by atoms with van der Waals surface area (Å²) in [4.78, 5) is 0. The number of hydrogen-bond acceptors (Lipinski definition) is 2. The highest BCUT2D eigenvalue weighted by molar-refractivity contribution is 5.52. The second-order valence-electron chi connectivity index (χ2n) is 2.98. The van der Waals surface area contributed by atoms with E-state index in [2.05, 4.69) is 6.92 Å². The van der Waals surface area contributed by atoms with E-state index in [-0.39, 0.29) is 6.29 Å². The highest BCUT2D eigenvalue weighted by Gasteiger charge is 2.22. The van der Waals surface area contributed by atoms with Crippen LogP contribution in [-0.4, -0.2) is 6.29 Å². The van der Waals surface area contributed by atoms with Gasteiger partial charge in [-0.1, -0.05) is 6.07 Å². The molecule has 1 unspecified atom stereocenters. The van der Waals surface area contributed by atoms with Crippen LogP contribution in [0.3, 0.4) is 0 Å². The first-order chi connectivity index (χ1) is 5.68. The normalized spacial score (nSPS) is 19.8. The monoisotopic (exact) mass is 163 g/mol. The molecule has 63 valence electrons. The van der Waals surface area contributed by atoms with Crippen LogP contribution in [0.1, 0.15) is 18.1 Å². The van der Waals surface area contributed by atoms with Crippen molar-refractivity contribution in [3.05, 3.63) is 30.2 Å². The molecule has 12 heavy (non-hydrogen) atoms. The molecule has 0 aliphatic carbocycles. The molecule has 2 heteroatoms. The predicted octanol–water partition coefficient (Wildman–Crippen LogP) is 2.29. The van der Waals surface area contributed by atoms with Crippen LogP contribution < -0.4 is 9.47 Å². The molecule has 0 N–H and O–H groups in total. The fraction of sp³-hybridized carbons (Fsp3) is 0.300. The van der Waals surface area contributed by atoms with Crippen molar-refractivity contribution in [3.63, 3.8) is 0 Å². The molecule has 1 aliphatic rings. The lowest BCUT2D eigenvalue weighted by atomic mass is 10.1. The first-order valence-corrected chi connectivity index (χ1v) is 3.97. The third kappa shape index (κ3) is 0.951. The molecular formula is C10H11O2. The van der Waals surface area contributed by atoms with Crippen LogP contribution in [0.4, 0.5) is 0 Å². The van der Waals surface area contributed by atoms with Gasteiger partial charge in [0.15, 0.2) is 11.5 Å². The Kier molecular flexibility index (Phi) is 1.50. The number of hydrogen-bond donors (Lipinski definition) is 0. The van der Waals surface area contributed by atoms with Crippen LogP contribution in [0.25, 0.3) is 0 Å². The Bertz CT molecular complexity index is 318. The van der Waals surface area contributed by atoms with Crippen molar-refractivity contribution in [1.29, 1.82) is 0 Å². The van der Waals surface area contributed by atoms with Gasteiger partial charge in [-0.2, -0.15) is 0 Å². The first kappa shape index (κ1) is 7.47. The number of fused-ring (bicyclic) bond motifs is 1. The van der Waals surface area contributed by atoms with Crippen LogP contribution in [0, 0.1) is 13.8 Å². The SMILES string of the molecule is [CH2]c1ccc2c(c1C)OC(C)O2. The van der Waals surface area contributed by atoms with Crippen molar-refractivity contribution < 1.29 is 9.47 Å². The summed E-state index contributed by atoms with van der Waals surface area (Å²) in [7, 11) is 0. The maximum Gasteiger partial charge on any atom is 0.238 e. The molecule has 1 aromatic rings. The molecule has 1 aromatic carbocycles. The molecule has 1 aliphatic heterocycles. The average Bonchev–Trinajstić information content (AvgIpc) is 2.39. The minimum Gasteiger partial charge on any atom is -0.451 e. The molecule has 0 amide bonds. The summed E-state index contributed by atoms with van der Waals surface area (Å²) in [6, 6.07) is 3.84. The van der Waals surface area contributed by atoms with Crippen LogP contribution >= 0.6 is 0 Å². The van der Waals surface area contributed by atoms with Crippen molar-refractivity contribution in [3.8, 4) is 11.5 Å². The Morgan fingerprint density at radius 1 is 1.33 bits per heavy atom. The van der Waals surface area contributed by atoms with E-state index in [0.717, 1.165) is 22.6 Å². The summed E-state index contributed by atoms with van der Waals surface area (Å²) >= 11 is 0. The van der Waals surface area contributed by atoms with Gasteiger partial charge in [-0.05, 0) is 31.0 Å². The van der Waals surface area contributed by atoms with Crippen LogP contribution in [0.5, 0.6) is 11.5 Å². The van der Waals surface area contributed by atoms with Gasteiger partial charge in [0.2, 0.25) is 6.29 Å². The zero-order valence-electron chi connectivity index (χ0n) is 7.26. The quantitative estimate of drug-likeness (QED) is 0.584. The number of rotatable bonds is 0. The van der Waals surface area contributed by atoms with E-state index >= 15 is 0 Å². The molecule has 0 saturated carbocycles. The molecule has 0 fully saturated rings. The molecule has 2 rings (SSSR count). The summed E-state index contributed by atoms with van der Waals surface area (Å²) < 4.78 is 10.8. The van der Waals surface area contributed by atoms with Gasteiger partial charge in [0.25, 0.3) is 0 Å². The molecule has 2 nitrogen and oxygen atoms in total. The average molecular weight is 163 g/mol. The molecule has 1 radical (unpaired) electrons. The Morgan fingerprint density at radius 3 is 2.83 bits per heavy atom. The minimum absolute atomic E-state index is 0.166. The Labute approximate surface area is 72.1 Å². The number of benzene rings is 1. The van der Waals surface area contributed by atoms with E-state index in [0.29, 0.717) is 0 Å². The van der Waals surface area contributed by atoms with E-state index in [9.17, 15) is 0 Å². The van der Waals surface area contributed by atoms with Crippen LogP contribution in [-0.2, 0) is 0 Å². The van der Waals surface area contributed by atoms with E-state index in [1.807, 2.05) is 26.0 Å². The number of ether oxygens (including phenoxy) is 2. The standard InChI is InChI=1S/C10H11O2/c1-6-4-5-9-10(7(6)2)12-8(3)11-9/h4-5,8H,1H2,2-3H3. The lowest BCUT2D eigenvalue weighted by Gasteiger charge is -2.03. The molecule has 0 aromatic heterocycles. The summed E-state index contributed by atoms with van der Waals surface area (Å²) in [6.07, 6.45) is -0.166. The van der Waals surface area contributed by atoms with Crippen molar-refractivity contribution in [1.82, 2.24) is 0 Å². The minimum atomic E-state index is -0.166. The van der Waals surface area contributed by atoms with Gasteiger partial charge in [-0.25, -0.2) is 0 Å². The molecular weight excluding hydrogens is 152 g/mol. The highest BCUT2D eigenvalue weighted by Crippen LogP contribution is 2.38. The van der Waals surface area contributed by atoms with Crippen molar-refractivity contribution in [2.24, 2.45) is 0 Å². The van der Waals surface area contributed by atoms with Gasteiger partial charge >= 0.3 is 0 Å². The fourth-order valence-corrected chi connectivity index (χ4v) is 1.32. The summed E-state index contributed by atoms with van der Waals surface area (Å²) in [5.41, 5.74) is 2.06. The smallest absolute Gasteiger partial charge is 0.238 e. The Hall–Kier alpha value is -1.18. The van der Waals surface area contributed by atoms with Gasteiger partial charge in [-0.3, -0.25) is 0 Å². The first-order valence-electron chi connectivity index (χ1n) is 3.97. The van der Waals surface area contributed by atoms with E-state index < -0.39 is 0 Å². The van der Waals surface area contributed by atoms with Crippen molar-refractivity contribution in [2.75, 3.05) is 0 Å².